The number of nitrogens with one attached hydrogen (secondary N) is 1. The van der Waals surface area contributed by atoms with Crippen LogP contribution in [-0.2, 0) is 58.2 Å². The lowest BCUT2D eigenvalue weighted by Crippen LogP contribution is -2.52. The van der Waals surface area contributed by atoms with Crippen LogP contribution in [-0.4, -0.2) is 122 Å². The van der Waals surface area contributed by atoms with E-state index in [9.17, 15) is 33.5 Å². The molecule has 10 rings (SSSR count). The van der Waals surface area contributed by atoms with Crippen molar-refractivity contribution in [3.63, 3.8) is 0 Å². The third kappa shape index (κ3) is 8.78. The molecule has 2 saturated heterocycles. The number of hydrogen-bond acceptors (Lipinski definition) is 10. The third-order valence-electron chi connectivity index (χ3n) is 13.8. The quantitative estimate of drug-likeness (QED) is 0.0881. The lowest BCUT2D eigenvalue weighted by Gasteiger charge is -2.35. The van der Waals surface area contributed by atoms with Gasteiger partial charge in [0.2, 0.25) is 11.8 Å². The van der Waals surface area contributed by atoms with Gasteiger partial charge in [0.25, 0.3) is 11.8 Å². The molecule has 0 bridgehead atoms. The predicted molar refractivity (Wildman–Crippen MR) is 253 cm³/mol. The highest BCUT2D eigenvalue weighted by molar-refractivity contribution is 6.35. The van der Waals surface area contributed by atoms with Crippen LogP contribution in [0.25, 0.3) is 32.8 Å². The van der Waals surface area contributed by atoms with Crippen LogP contribution in [0.4, 0.5) is 4.39 Å². The van der Waals surface area contributed by atoms with Crippen LogP contribution in [0, 0.1) is 5.82 Å². The lowest BCUT2D eigenvalue weighted by molar-refractivity contribution is -0.137. The number of aryl methyl sites for hydroxylation is 2. The van der Waals surface area contributed by atoms with Crippen molar-refractivity contribution in [3.05, 3.63) is 111 Å². The van der Waals surface area contributed by atoms with Gasteiger partial charge in [0.1, 0.15) is 29.1 Å². The molecule has 1 unspecified atom stereocenters. The second kappa shape index (κ2) is 19.3. The Kier molecular flexibility index (Phi) is 12.8. The summed E-state index contributed by atoms with van der Waals surface area (Å²) in [4.78, 5) is 70.1. The maximum atomic E-state index is 14.0. The highest BCUT2D eigenvalue weighted by Crippen LogP contribution is 2.43. The van der Waals surface area contributed by atoms with Crippen LogP contribution in [0.15, 0.2) is 66.7 Å². The smallest absolute Gasteiger partial charge is 0.352 e. The fourth-order valence-electron chi connectivity index (χ4n) is 10.4. The highest BCUT2D eigenvalue weighted by atomic mass is 35.5. The van der Waals surface area contributed by atoms with Gasteiger partial charge in [0.15, 0.2) is 6.61 Å². The standard InChI is InChI=1S/C51H51ClFN7O9/c1-2-38-46(40-28-67-25-23-60(40)55-38)45-37(52)14-13-34-33(8-5-24-68-41-9-3-6-30-26-31(53)11-12-32(30)41)48(51(65)66)58(47(34)45)22-19-56-17-20-57(21-18-56)44(62)29-69-42-10-4-7-35-36(42)27-59(50(35)64)39-15-16-43(61)54-49(39)63/h3-4,6-7,9-14,26,39H,2,5,8,15-25,27-29H2,1H3,(H,65,66)(H,54,61,63). The number of carbonyl (C=O) groups excluding carboxylic acids is 4. The molecule has 16 nitrogen and oxygen atoms in total. The van der Waals surface area contributed by atoms with E-state index in [2.05, 4.69) is 10.2 Å². The van der Waals surface area contributed by atoms with Gasteiger partial charge in [0.05, 0.1) is 54.8 Å². The van der Waals surface area contributed by atoms with Crippen LogP contribution in [0.2, 0.25) is 5.02 Å². The maximum Gasteiger partial charge on any atom is 0.352 e. The zero-order chi connectivity index (χ0) is 47.9. The molecular weight excluding hydrogens is 909 g/mol. The number of rotatable bonds is 15. The molecule has 0 saturated carbocycles. The minimum Gasteiger partial charge on any atom is -0.493 e. The van der Waals surface area contributed by atoms with Gasteiger partial charge in [-0.1, -0.05) is 42.8 Å². The molecule has 358 valence electrons. The molecule has 18 heteroatoms. The van der Waals surface area contributed by atoms with Gasteiger partial charge < -0.3 is 33.7 Å². The normalized spacial score (nSPS) is 17.4. The summed E-state index contributed by atoms with van der Waals surface area (Å²) in [5.74, 6) is -1.79. The number of fused-ring (bicyclic) bond motifs is 4. The summed E-state index contributed by atoms with van der Waals surface area (Å²) in [6.07, 6.45) is 1.90. The summed E-state index contributed by atoms with van der Waals surface area (Å²) in [7, 11) is 0. The van der Waals surface area contributed by atoms with E-state index >= 15 is 0 Å². The largest absolute Gasteiger partial charge is 0.493 e. The van der Waals surface area contributed by atoms with E-state index in [0.717, 1.165) is 38.7 Å². The average Bonchev–Trinajstić information content (AvgIpc) is 4.00. The van der Waals surface area contributed by atoms with Gasteiger partial charge in [-0.2, -0.15) is 5.10 Å². The topological polar surface area (TPSA) is 178 Å². The zero-order valence-corrected chi connectivity index (χ0v) is 38.9. The van der Waals surface area contributed by atoms with Crippen LogP contribution in [0.1, 0.15) is 69.5 Å². The first-order valence-corrected chi connectivity index (χ1v) is 23.8. The first kappa shape index (κ1) is 45.9. The van der Waals surface area contributed by atoms with Gasteiger partial charge in [-0.05, 0) is 79.1 Å². The van der Waals surface area contributed by atoms with E-state index < -0.39 is 17.9 Å². The monoisotopic (exact) mass is 959 g/mol. The van der Waals surface area contributed by atoms with E-state index in [-0.39, 0.29) is 55.2 Å². The number of nitrogens with zero attached hydrogens (tertiary/aromatic N) is 6. The van der Waals surface area contributed by atoms with Crippen molar-refractivity contribution in [1.82, 2.24) is 34.4 Å². The van der Waals surface area contributed by atoms with Crippen molar-refractivity contribution >= 4 is 62.9 Å². The van der Waals surface area contributed by atoms with E-state index in [1.54, 1.807) is 29.2 Å². The maximum absolute atomic E-state index is 14.0. The third-order valence-corrected chi connectivity index (χ3v) is 14.1. The Hall–Kier alpha value is -6.82. The average molecular weight is 960 g/mol. The van der Waals surface area contributed by atoms with Crippen molar-refractivity contribution in [2.75, 3.05) is 52.5 Å². The molecule has 6 heterocycles. The van der Waals surface area contributed by atoms with Crippen LogP contribution >= 0.6 is 11.6 Å². The van der Waals surface area contributed by atoms with E-state index in [1.165, 1.54) is 17.0 Å². The van der Waals surface area contributed by atoms with Crippen molar-refractivity contribution in [2.24, 2.45) is 0 Å². The molecule has 1 atom stereocenters. The summed E-state index contributed by atoms with van der Waals surface area (Å²) in [6, 6.07) is 18.1. The van der Waals surface area contributed by atoms with E-state index in [1.807, 2.05) is 46.5 Å². The zero-order valence-electron chi connectivity index (χ0n) is 38.1. The number of ether oxygens (including phenoxy) is 3. The SMILES string of the molecule is CCc1nn2c(c1-c1c(Cl)ccc3c(CCCOc4cccc5cc(F)ccc45)c(C(=O)O)n(CCN4CCN(C(=O)COc5cccc6c5CN(C5CCC(=O)NC5=O)C6=O)CC4)c13)COCC2. The Bertz CT molecular complexity index is 3050. The number of aromatic carboxylic acids is 1. The molecule has 4 aliphatic heterocycles. The minimum atomic E-state index is -1.07. The molecule has 6 aromatic rings. The van der Waals surface area contributed by atoms with Crippen molar-refractivity contribution < 1.29 is 47.7 Å². The van der Waals surface area contributed by atoms with Crippen molar-refractivity contribution in [3.8, 4) is 22.6 Å². The van der Waals surface area contributed by atoms with Crippen LogP contribution < -0.4 is 14.8 Å². The Morgan fingerprint density at radius 1 is 0.942 bits per heavy atom. The number of benzene rings is 4. The molecule has 0 aliphatic carbocycles. The minimum absolute atomic E-state index is 0.127. The fourth-order valence-corrected chi connectivity index (χ4v) is 10.6. The predicted octanol–water partition coefficient (Wildman–Crippen LogP) is 6.24. The molecular formula is C51H51ClFN7O9. The second-order valence-electron chi connectivity index (χ2n) is 17.8. The number of carbonyl (C=O) groups is 5. The van der Waals surface area contributed by atoms with Gasteiger partial charge in [-0.25, -0.2) is 9.18 Å². The molecule has 4 aliphatic rings. The van der Waals surface area contributed by atoms with Crippen molar-refractivity contribution in [1.29, 1.82) is 0 Å². The molecule has 2 N–H and O–H groups in total. The Labute approximate surface area is 401 Å². The molecule has 0 radical (unpaired) electrons. The number of piperidine rings is 1. The molecule has 2 aromatic heterocycles. The Morgan fingerprint density at radius 2 is 1.74 bits per heavy atom. The van der Waals surface area contributed by atoms with Crippen molar-refractivity contribution in [2.45, 2.75) is 71.3 Å². The molecule has 4 amide bonds. The summed E-state index contributed by atoms with van der Waals surface area (Å²) < 4.78 is 36.1. The highest BCUT2D eigenvalue weighted by Gasteiger charge is 2.40. The summed E-state index contributed by atoms with van der Waals surface area (Å²) in [5, 5.41) is 21.1. The van der Waals surface area contributed by atoms with E-state index in [0.29, 0.717) is 124 Å². The number of imide groups is 1. The molecule has 4 aromatic carbocycles. The second-order valence-corrected chi connectivity index (χ2v) is 18.2. The van der Waals surface area contributed by atoms with Gasteiger partial charge >= 0.3 is 5.97 Å². The Morgan fingerprint density at radius 3 is 2.54 bits per heavy atom. The van der Waals surface area contributed by atoms with Crippen LogP contribution in [0.3, 0.4) is 0 Å². The summed E-state index contributed by atoms with van der Waals surface area (Å²) in [6.45, 7) is 6.41. The number of carboxylic acids is 1. The first-order valence-electron chi connectivity index (χ1n) is 23.4. The lowest BCUT2D eigenvalue weighted by atomic mass is 9.97. The van der Waals surface area contributed by atoms with Gasteiger partial charge in [0, 0.05) is 78.7 Å². The number of carboxylic acid groups (broad SMARTS) is 1. The van der Waals surface area contributed by atoms with E-state index in [4.69, 9.17) is 30.9 Å². The molecule has 0 spiro atoms. The number of hydrogen-bond donors (Lipinski definition) is 2. The summed E-state index contributed by atoms with van der Waals surface area (Å²) in [5.41, 5.74) is 5.87. The van der Waals surface area contributed by atoms with Gasteiger partial charge in [-0.15, -0.1) is 0 Å². The fraction of sp³-hybridized carbons (Fsp3) is 0.373. The first-order chi connectivity index (χ1) is 33.5. The number of amides is 4. The Balaban J connectivity index is 0.860. The van der Waals surface area contributed by atoms with Crippen LogP contribution in [0.5, 0.6) is 11.5 Å². The number of piperazine rings is 1. The summed E-state index contributed by atoms with van der Waals surface area (Å²) >= 11 is 7.19. The number of aromatic nitrogens is 3. The molecule has 69 heavy (non-hydrogen) atoms. The number of halogens is 2. The molecule has 2 fully saturated rings. The van der Waals surface area contributed by atoms with Gasteiger partial charge in [-0.3, -0.25) is 34.1 Å².